The third-order valence-electron chi connectivity index (χ3n) is 4.55. The quantitative estimate of drug-likeness (QED) is 0.893. The Morgan fingerprint density at radius 3 is 2.63 bits per heavy atom. The van der Waals surface area contributed by atoms with Gasteiger partial charge in [0, 0.05) is 24.8 Å². The highest BCUT2D eigenvalue weighted by atomic mass is 15.2. The second-order valence-corrected chi connectivity index (χ2v) is 6.36. The highest BCUT2D eigenvalue weighted by molar-refractivity contribution is 5.55. The lowest BCUT2D eigenvalue weighted by Crippen LogP contribution is -2.46. The van der Waals surface area contributed by atoms with Crippen LogP contribution in [0.5, 0.6) is 0 Å². The van der Waals surface area contributed by atoms with E-state index in [2.05, 4.69) is 56.1 Å². The topological polar surface area (TPSA) is 15.3 Å². The summed E-state index contributed by atoms with van der Waals surface area (Å²) in [7, 11) is 2.00. The van der Waals surface area contributed by atoms with Crippen molar-refractivity contribution in [3.05, 3.63) is 29.3 Å². The molecule has 1 aromatic carbocycles. The predicted molar refractivity (Wildman–Crippen MR) is 83.7 cm³/mol. The number of benzene rings is 1. The molecule has 1 aliphatic rings. The van der Waals surface area contributed by atoms with Crippen molar-refractivity contribution in [3.63, 3.8) is 0 Å². The summed E-state index contributed by atoms with van der Waals surface area (Å²) in [5.41, 5.74) is 4.20. The van der Waals surface area contributed by atoms with Crippen molar-refractivity contribution < 1.29 is 0 Å². The van der Waals surface area contributed by atoms with Gasteiger partial charge in [-0.05, 0) is 56.3 Å². The molecule has 0 spiro atoms. The average molecular weight is 260 g/mol. The Hall–Kier alpha value is -1.02. The smallest absolute Gasteiger partial charge is 0.0398 e. The van der Waals surface area contributed by atoms with E-state index in [1.54, 1.807) is 0 Å². The largest absolute Gasteiger partial charge is 0.368 e. The van der Waals surface area contributed by atoms with Crippen molar-refractivity contribution in [2.75, 3.05) is 18.5 Å². The molecule has 3 unspecified atom stereocenters. The van der Waals surface area contributed by atoms with Gasteiger partial charge in [0.05, 0.1) is 0 Å². The normalized spacial score (nSPS) is 27.6. The first-order valence-electron chi connectivity index (χ1n) is 7.53. The van der Waals surface area contributed by atoms with E-state index >= 15 is 0 Å². The lowest BCUT2D eigenvalue weighted by Gasteiger charge is -2.43. The maximum atomic E-state index is 3.22. The summed E-state index contributed by atoms with van der Waals surface area (Å²) in [5.74, 6) is 1.57. The number of piperidine rings is 1. The van der Waals surface area contributed by atoms with Crippen molar-refractivity contribution in [3.8, 4) is 0 Å². The molecule has 1 aromatic rings. The van der Waals surface area contributed by atoms with Crippen LogP contribution in [0.25, 0.3) is 0 Å². The number of anilines is 1. The van der Waals surface area contributed by atoms with Gasteiger partial charge in [0.15, 0.2) is 0 Å². The van der Waals surface area contributed by atoms with Gasteiger partial charge in [0.2, 0.25) is 0 Å². The second-order valence-electron chi connectivity index (χ2n) is 6.36. The van der Waals surface area contributed by atoms with Crippen LogP contribution in [0.4, 0.5) is 5.69 Å². The minimum Gasteiger partial charge on any atom is -0.368 e. The molecule has 1 saturated heterocycles. The van der Waals surface area contributed by atoms with E-state index in [1.807, 2.05) is 7.05 Å². The van der Waals surface area contributed by atoms with Crippen molar-refractivity contribution in [2.24, 2.45) is 11.8 Å². The molecule has 106 valence electrons. The van der Waals surface area contributed by atoms with Crippen molar-refractivity contribution in [1.82, 2.24) is 5.32 Å². The van der Waals surface area contributed by atoms with E-state index in [9.17, 15) is 0 Å². The van der Waals surface area contributed by atoms with Crippen LogP contribution < -0.4 is 10.2 Å². The van der Waals surface area contributed by atoms with Crippen LogP contribution in [-0.2, 0) is 6.54 Å². The molecule has 0 aliphatic carbocycles. The number of rotatable bonds is 3. The summed E-state index contributed by atoms with van der Waals surface area (Å²) in [4.78, 5) is 2.61. The predicted octanol–water partition coefficient (Wildman–Crippen LogP) is 3.59. The molecule has 0 amide bonds. The summed E-state index contributed by atoms with van der Waals surface area (Å²) in [6, 6.07) is 7.53. The summed E-state index contributed by atoms with van der Waals surface area (Å²) in [6.45, 7) is 11.5. The van der Waals surface area contributed by atoms with E-state index in [1.165, 1.54) is 29.8 Å². The summed E-state index contributed by atoms with van der Waals surface area (Å²) in [6.07, 6.45) is 1.36. The first-order valence-corrected chi connectivity index (χ1v) is 7.53. The van der Waals surface area contributed by atoms with Gasteiger partial charge in [-0.25, -0.2) is 0 Å². The molecule has 1 heterocycles. The van der Waals surface area contributed by atoms with Gasteiger partial charge in [-0.3, -0.25) is 0 Å². The van der Waals surface area contributed by atoms with Gasteiger partial charge >= 0.3 is 0 Å². The zero-order valence-corrected chi connectivity index (χ0v) is 13.0. The number of hydrogen-bond acceptors (Lipinski definition) is 2. The average Bonchev–Trinajstić information content (AvgIpc) is 2.35. The fourth-order valence-electron chi connectivity index (χ4n) is 3.39. The van der Waals surface area contributed by atoms with Gasteiger partial charge < -0.3 is 10.2 Å². The Morgan fingerprint density at radius 1 is 1.26 bits per heavy atom. The zero-order chi connectivity index (χ0) is 14.0. The lowest BCUT2D eigenvalue weighted by atomic mass is 9.85. The Kier molecular flexibility index (Phi) is 4.51. The molecule has 1 N–H and O–H groups in total. The Morgan fingerprint density at radius 2 is 2.00 bits per heavy atom. The Labute approximate surface area is 118 Å². The molecule has 2 heteroatoms. The van der Waals surface area contributed by atoms with Crippen LogP contribution in [-0.4, -0.2) is 19.6 Å². The van der Waals surface area contributed by atoms with Gasteiger partial charge in [-0.2, -0.15) is 0 Å². The van der Waals surface area contributed by atoms with E-state index in [4.69, 9.17) is 0 Å². The van der Waals surface area contributed by atoms with Crippen molar-refractivity contribution in [2.45, 2.75) is 46.7 Å². The van der Waals surface area contributed by atoms with Crippen LogP contribution in [0, 0.1) is 18.8 Å². The second kappa shape index (κ2) is 5.96. The standard InChI is InChI=1S/C17H28N2/c1-12-8-13(2)15(4)19(11-12)17-7-6-16(10-18-5)9-14(17)3/h6-7,9,12-13,15,18H,8,10-11H2,1-5H3. The van der Waals surface area contributed by atoms with Gasteiger partial charge in [-0.1, -0.05) is 26.0 Å². The maximum absolute atomic E-state index is 3.22. The number of aryl methyl sites for hydroxylation is 1. The molecule has 3 atom stereocenters. The number of nitrogens with one attached hydrogen (secondary N) is 1. The molecule has 0 saturated carbocycles. The third-order valence-corrected chi connectivity index (χ3v) is 4.55. The van der Waals surface area contributed by atoms with Crippen LogP contribution in [0.1, 0.15) is 38.3 Å². The summed E-state index contributed by atoms with van der Waals surface area (Å²) < 4.78 is 0. The van der Waals surface area contributed by atoms with E-state index in [0.29, 0.717) is 6.04 Å². The molecule has 2 rings (SSSR count). The minimum atomic E-state index is 0.644. The number of hydrogen-bond donors (Lipinski definition) is 1. The molecule has 1 fully saturated rings. The van der Waals surface area contributed by atoms with Crippen molar-refractivity contribution in [1.29, 1.82) is 0 Å². The fourth-order valence-corrected chi connectivity index (χ4v) is 3.39. The molecule has 0 aromatic heterocycles. The fraction of sp³-hybridized carbons (Fsp3) is 0.647. The third kappa shape index (κ3) is 3.11. The molecule has 0 bridgehead atoms. The molecular weight excluding hydrogens is 232 g/mol. The van der Waals surface area contributed by atoms with Crippen LogP contribution >= 0.6 is 0 Å². The van der Waals surface area contributed by atoms with E-state index in [0.717, 1.165) is 18.4 Å². The molecule has 2 nitrogen and oxygen atoms in total. The van der Waals surface area contributed by atoms with E-state index in [-0.39, 0.29) is 0 Å². The van der Waals surface area contributed by atoms with Gasteiger partial charge in [0.25, 0.3) is 0 Å². The van der Waals surface area contributed by atoms with Gasteiger partial charge in [0.1, 0.15) is 0 Å². The van der Waals surface area contributed by atoms with Crippen LogP contribution in [0.2, 0.25) is 0 Å². The van der Waals surface area contributed by atoms with Crippen molar-refractivity contribution >= 4 is 5.69 Å². The lowest BCUT2D eigenvalue weighted by molar-refractivity contribution is 0.297. The first kappa shape index (κ1) is 14.4. The molecule has 19 heavy (non-hydrogen) atoms. The van der Waals surface area contributed by atoms with Crippen LogP contribution in [0.15, 0.2) is 18.2 Å². The Bertz CT molecular complexity index is 427. The minimum absolute atomic E-state index is 0.644. The number of nitrogens with zero attached hydrogens (tertiary/aromatic N) is 1. The Balaban J connectivity index is 2.25. The monoisotopic (exact) mass is 260 g/mol. The highest BCUT2D eigenvalue weighted by Crippen LogP contribution is 2.33. The maximum Gasteiger partial charge on any atom is 0.0398 e. The highest BCUT2D eigenvalue weighted by Gasteiger charge is 2.29. The molecule has 0 radical (unpaired) electrons. The summed E-state index contributed by atoms with van der Waals surface area (Å²) >= 11 is 0. The molecular formula is C17H28N2. The van der Waals surface area contributed by atoms with E-state index < -0.39 is 0 Å². The first-order chi connectivity index (χ1) is 9.02. The zero-order valence-electron chi connectivity index (χ0n) is 13.0. The SMILES string of the molecule is CNCc1ccc(N2CC(C)CC(C)C2C)c(C)c1. The molecule has 1 aliphatic heterocycles. The summed E-state index contributed by atoms with van der Waals surface area (Å²) in [5, 5.41) is 3.22. The van der Waals surface area contributed by atoms with Gasteiger partial charge in [-0.15, -0.1) is 0 Å². The van der Waals surface area contributed by atoms with Crippen LogP contribution in [0.3, 0.4) is 0 Å².